The van der Waals surface area contributed by atoms with Gasteiger partial charge in [-0.3, -0.25) is 4.55 Å². The molecule has 0 saturated carbocycles. The molecule has 0 aliphatic rings. The summed E-state index contributed by atoms with van der Waals surface area (Å²) < 4.78 is 33.5. The summed E-state index contributed by atoms with van der Waals surface area (Å²) in [4.78, 5) is 14.8. The second-order valence-corrected chi connectivity index (χ2v) is 8.91. The SMILES string of the molecule is CCN(c1ccccc1)c1nc(C)nc(Nc2cc(S(=O)(=O)O)cc3ccc(N=NC)c(O)c23)n1. The molecule has 0 saturated heterocycles. The standard InChI is InChI=1S/C23H23N7O4S/c1-4-30(16-8-6-5-7-9-16)23-26-14(2)25-22(28-23)27-19-13-17(35(32,33)34)12-15-10-11-18(29-24-3)21(31)20(15)19/h5-13,31H,4H2,1-3H3,(H,32,33,34)(H,25,26,27,28). The number of phenols is 1. The van der Waals surface area contributed by atoms with Crippen molar-refractivity contribution in [3.05, 3.63) is 60.4 Å². The maximum absolute atomic E-state index is 11.9. The van der Waals surface area contributed by atoms with E-state index in [4.69, 9.17) is 0 Å². The van der Waals surface area contributed by atoms with Crippen molar-refractivity contribution in [2.75, 3.05) is 23.8 Å². The highest BCUT2D eigenvalue weighted by Gasteiger charge is 2.19. The predicted octanol–water partition coefficient (Wildman–Crippen LogP) is 4.90. The van der Waals surface area contributed by atoms with Crippen LogP contribution >= 0.6 is 0 Å². The van der Waals surface area contributed by atoms with E-state index in [1.807, 2.05) is 42.2 Å². The maximum Gasteiger partial charge on any atom is 0.294 e. The molecule has 0 aliphatic carbocycles. The summed E-state index contributed by atoms with van der Waals surface area (Å²) in [7, 11) is -3.07. The predicted molar refractivity (Wildman–Crippen MR) is 133 cm³/mol. The molecule has 0 spiro atoms. The van der Waals surface area contributed by atoms with E-state index in [0.717, 1.165) is 5.69 Å². The summed E-state index contributed by atoms with van der Waals surface area (Å²) in [6.07, 6.45) is 0. The first-order valence-corrected chi connectivity index (χ1v) is 12.0. The number of phenolic OH excluding ortho intramolecular Hbond substituents is 1. The van der Waals surface area contributed by atoms with Gasteiger partial charge in [-0.25, -0.2) is 0 Å². The minimum atomic E-state index is -4.54. The van der Waals surface area contributed by atoms with Crippen molar-refractivity contribution in [1.29, 1.82) is 0 Å². The van der Waals surface area contributed by atoms with E-state index in [0.29, 0.717) is 23.7 Å². The number of aromatic nitrogens is 3. The number of aromatic hydroxyl groups is 1. The zero-order valence-electron chi connectivity index (χ0n) is 19.2. The summed E-state index contributed by atoms with van der Waals surface area (Å²) in [5.74, 6) is 0.709. The van der Waals surface area contributed by atoms with Crippen molar-refractivity contribution in [3.8, 4) is 5.75 Å². The van der Waals surface area contributed by atoms with E-state index in [9.17, 15) is 18.1 Å². The van der Waals surface area contributed by atoms with E-state index in [1.54, 1.807) is 13.0 Å². The van der Waals surface area contributed by atoms with Crippen LogP contribution in [0.2, 0.25) is 0 Å². The van der Waals surface area contributed by atoms with Crippen LogP contribution in [0.15, 0.2) is 69.7 Å². The first kappa shape index (κ1) is 24.0. The van der Waals surface area contributed by atoms with Crippen LogP contribution in [0.25, 0.3) is 10.8 Å². The van der Waals surface area contributed by atoms with Gasteiger partial charge in [-0.15, -0.1) is 0 Å². The van der Waals surface area contributed by atoms with Gasteiger partial charge in [-0.05, 0) is 49.6 Å². The molecule has 4 rings (SSSR count). The second-order valence-electron chi connectivity index (χ2n) is 7.49. The highest BCUT2D eigenvalue weighted by Crippen LogP contribution is 2.41. The van der Waals surface area contributed by atoms with Gasteiger partial charge in [0.25, 0.3) is 10.1 Å². The molecular formula is C23H23N7O4S. The van der Waals surface area contributed by atoms with Gasteiger partial charge in [-0.1, -0.05) is 24.3 Å². The molecule has 0 radical (unpaired) electrons. The Morgan fingerprint density at radius 2 is 1.80 bits per heavy atom. The Morgan fingerprint density at radius 1 is 1.06 bits per heavy atom. The molecule has 1 aromatic heterocycles. The molecule has 11 nitrogen and oxygen atoms in total. The van der Waals surface area contributed by atoms with E-state index in [1.165, 1.54) is 25.2 Å². The summed E-state index contributed by atoms with van der Waals surface area (Å²) in [6, 6.07) is 15.1. The number of nitrogens with zero attached hydrogens (tertiary/aromatic N) is 6. The van der Waals surface area contributed by atoms with Crippen LogP contribution in [-0.4, -0.2) is 46.6 Å². The number of anilines is 4. The Balaban J connectivity index is 1.88. The molecule has 3 aromatic carbocycles. The Bertz CT molecular complexity index is 1530. The van der Waals surface area contributed by atoms with Crippen LogP contribution in [0.1, 0.15) is 12.7 Å². The van der Waals surface area contributed by atoms with E-state index in [2.05, 4.69) is 30.5 Å². The van der Waals surface area contributed by atoms with Gasteiger partial charge in [0.15, 0.2) is 5.75 Å². The first-order valence-electron chi connectivity index (χ1n) is 10.6. The topological polar surface area (TPSA) is 153 Å². The molecule has 4 aromatic rings. The number of benzene rings is 3. The number of aryl methyl sites for hydroxylation is 1. The van der Waals surface area contributed by atoms with Gasteiger partial charge in [0.1, 0.15) is 11.5 Å². The number of para-hydroxylation sites is 1. The van der Waals surface area contributed by atoms with Gasteiger partial charge >= 0.3 is 0 Å². The molecule has 180 valence electrons. The lowest BCUT2D eigenvalue weighted by Gasteiger charge is -2.21. The van der Waals surface area contributed by atoms with Crippen LogP contribution in [0.4, 0.5) is 29.0 Å². The van der Waals surface area contributed by atoms with Crippen molar-refractivity contribution in [3.63, 3.8) is 0 Å². The molecule has 3 N–H and O–H groups in total. The number of hydrogen-bond donors (Lipinski definition) is 3. The fourth-order valence-electron chi connectivity index (χ4n) is 3.66. The Hall–Kier alpha value is -4.16. The van der Waals surface area contributed by atoms with Crippen molar-refractivity contribution < 1.29 is 18.1 Å². The number of fused-ring (bicyclic) bond motifs is 1. The molecule has 12 heteroatoms. The molecule has 35 heavy (non-hydrogen) atoms. The first-order chi connectivity index (χ1) is 16.7. The molecule has 1 heterocycles. The average Bonchev–Trinajstić information content (AvgIpc) is 2.81. The molecular weight excluding hydrogens is 470 g/mol. The largest absolute Gasteiger partial charge is 0.505 e. The molecule has 0 unspecified atom stereocenters. The second kappa shape index (κ2) is 9.60. The van der Waals surface area contributed by atoms with Crippen molar-refractivity contribution >= 4 is 49.8 Å². The van der Waals surface area contributed by atoms with Crippen LogP contribution in [0, 0.1) is 6.92 Å². The van der Waals surface area contributed by atoms with Gasteiger partial charge in [0.05, 0.1) is 10.6 Å². The zero-order valence-corrected chi connectivity index (χ0v) is 20.0. The Morgan fingerprint density at radius 3 is 2.46 bits per heavy atom. The normalized spacial score (nSPS) is 11.8. The summed E-state index contributed by atoms with van der Waals surface area (Å²) in [5, 5.41) is 22.0. The molecule has 0 atom stereocenters. The smallest absolute Gasteiger partial charge is 0.294 e. The van der Waals surface area contributed by atoms with Crippen LogP contribution < -0.4 is 10.2 Å². The highest BCUT2D eigenvalue weighted by molar-refractivity contribution is 7.85. The number of hydrogen-bond acceptors (Lipinski definition) is 10. The third-order valence-corrected chi connectivity index (χ3v) is 5.99. The van der Waals surface area contributed by atoms with Gasteiger partial charge in [-0.2, -0.15) is 33.6 Å². The monoisotopic (exact) mass is 493 g/mol. The van der Waals surface area contributed by atoms with Crippen molar-refractivity contribution in [1.82, 2.24) is 15.0 Å². The summed E-state index contributed by atoms with van der Waals surface area (Å²) >= 11 is 0. The zero-order chi connectivity index (χ0) is 25.2. The Labute approximate surface area is 202 Å². The van der Waals surface area contributed by atoms with Crippen LogP contribution in [0.5, 0.6) is 5.75 Å². The lowest BCUT2D eigenvalue weighted by atomic mass is 10.1. The van der Waals surface area contributed by atoms with Gasteiger partial charge < -0.3 is 15.3 Å². The number of nitrogens with one attached hydrogen (secondary N) is 1. The third kappa shape index (κ3) is 5.03. The number of rotatable bonds is 7. The maximum atomic E-state index is 11.9. The van der Waals surface area contributed by atoms with Crippen molar-refractivity contribution in [2.24, 2.45) is 10.2 Å². The van der Waals surface area contributed by atoms with Gasteiger partial charge in [0, 0.05) is 24.7 Å². The summed E-state index contributed by atoms with van der Waals surface area (Å²) in [5.41, 5.74) is 1.23. The molecule has 0 amide bonds. The fraction of sp³-hybridized carbons (Fsp3) is 0.174. The van der Waals surface area contributed by atoms with Crippen LogP contribution in [0.3, 0.4) is 0 Å². The quantitative estimate of drug-likeness (QED) is 0.241. The molecule has 0 aliphatic heterocycles. The minimum Gasteiger partial charge on any atom is -0.505 e. The van der Waals surface area contributed by atoms with E-state index >= 15 is 0 Å². The highest BCUT2D eigenvalue weighted by atomic mass is 32.2. The molecule has 0 fully saturated rings. The lowest BCUT2D eigenvalue weighted by Crippen LogP contribution is -2.20. The number of azo groups is 1. The minimum absolute atomic E-state index is 0.123. The van der Waals surface area contributed by atoms with E-state index in [-0.39, 0.29) is 33.4 Å². The van der Waals surface area contributed by atoms with Gasteiger partial charge in [0.2, 0.25) is 11.9 Å². The van der Waals surface area contributed by atoms with E-state index < -0.39 is 10.1 Å². The van der Waals surface area contributed by atoms with Crippen molar-refractivity contribution in [2.45, 2.75) is 18.7 Å². The summed E-state index contributed by atoms with van der Waals surface area (Å²) in [6.45, 7) is 4.25. The fourth-order valence-corrected chi connectivity index (χ4v) is 4.20. The average molecular weight is 494 g/mol. The Kier molecular flexibility index (Phi) is 6.58. The van der Waals surface area contributed by atoms with Crippen LogP contribution in [-0.2, 0) is 10.1 Å². The third-order valence-electron chi connectivity index (χ3n) is 5.16. The molecule has 0 bridgehead atoms. The lowest BCUT2D eigenvalue weighted by molar-refractivity contribution is 0.480.